The molecule has 0 atom stereocenters. The Balaban J connectivity index is 0.000000631. The van der Waals surface area contributed by atoms with Gasteiger partial charge in [-0.3, -0.25) is 8.75 Å². The zero-order valence-electron chi connectivity index (χ0n) is 10.6. The van der Waals surface area contributed by atoms with Crippen molar-refractivity contribution in [1.29, 1.82) is 0 Å². The summed E-state index contributed by atoms with van der Waals surface area (Å²) in [4.78, 5) is 19.5. The maximum Gasteiger partial charge on any atom is 0.291 e. The van der Waals surface area contributed by atoms with Crippen LogP contribution in [-0.4, -0.2) is 14.3 Å². The van der Waals surface area contributed by atoms with Gasteiger partial charge in [0.05, 0.1) is 0 Å². The number of unbranched alkanes of at least 4 members (excludes halogenated alkanes) is 5. The second kappa shape index (κ2) is 10.8. The van der Waals surface area contributed by atoms with Gasteiger partial charge < -0.3 is 5.21 Å². The van der Waals surface area contributed by atoms with Crippen molar-refractivity contribution in [2.24, 2.45) is 0 Å². The molecule has 6 nitrogen and oxygen atoms in total. The molecule has 0 aliphatic carbocycles. The third-order valence-electron chi connectivity index (χ3n) is 2.36. The van der Waals surface area contributed by atoms with Gasteiger partial charge >= 0.3 is 0 Å². The summed E-state index contributed by atoms with van der Waals surface area (Å²) in [5.41, 5.74) is 0.156. The van der Waals surface area contributed by atoms with Crippen LogP contribution in [0.3, 0.4) is 0 Å². The molecule has 0 aromatic carbocycles. The van der Waals surface area contributed by atoms with Crippen molar-refractivity contribution in [2.45, 2.75) is 52.0 Å². The lowest BCUT2D eigenvalue weighted by molar-refractivity contribution is -0.742. The molecule has 1 N–H and O–H groups in total. The van der Waals surface area contributed by atoms with Crippen LogP contribution in [0.1, 0.15) is 45.4 Å². The third-order valence-corrected chi connectivity index (χ3v) is 3.23. The minimum atomic E-state index is -1.50. The van der Waals surface area contributed by atoms with Gasteiger partial charge in [-0.05, 0) is 6.42 Å². The Morgan fingerprint density at radius 3 is 2.39 bits per heavy atom. The van der Waals surface area contributed by atoms with E-state index in [-0.39, 0.29) is 5.56 Å². The van der Waals surface area contributed by atoms with E-state index in [0.29, 0.717) is 0 Å². The van der Waals surface area contributed by atoms with E-state index in [2.05, 4.69) is 6.92 Å². The second-order valence-corrected chi connectivity index (χ2v) is 4.78. The van der Waals surface area contributed by atoms with Gasteiger partial charge in [-0.1, -0.05) is 50.6 Å². The van der Waals surface area contributed by atoms with Crippen molar-refractivity contribution in [2.75, 3.05) is 0 Å². The average Bonchev–Trinajstić information content (AvgIpc) is 2.69. The predicted molar refractivity (Wildman–Crippen MR) is 70.7 cm³/mol. The van der Waals surface area contributed by atoms with Crippen LogP contribution in [0.5, 0.6) is 0 Å². The monoisotopic (exact) mass is 276 g/mol. The first-order valence-corrected chi connectivity index (χ1v) is 6.89. The Morgan fingerprint density at radius 2 is 1.89 bits per heavy atom. The van der Waals surface area contributed by atoms with E-state index in [4.69, 9.17) is 15.3 Å². The van der Waals surface area contributed by atoms with Crippen molar-refractivity contribution in [3.63, 3.8) is 0 Å². The molecule has 18 heavy (non-hydrogen) atoms. The molecule has 0 aliphatic heterocycles. The summed E-state index contributed by atoms with van der Waals surface area (Å²) < 4.78 is 1.83. The van der Waals surface area contributed by atoms with E-state index in [1.165, 1.54) is 43.6 Å². The topological polar surface area (TPSA) is 85.4 Å². The van der Waals surface area contributed by atoms with E-state index in [9.17, 15) is 4.79 Å². The molecular formula is C11H20N2O4S. The average molecular weight is 276 g/mol. The highest BCUT2D eigenvalue weighted by Gasteiger charge is 1.95. The van der Waals surface area contributed by atoms with Gasteiger partial charge in [0, 0.05) is 18.0 Å². The first kappa shape index (κ1) is 16.6. The van der Waals surface area contributed by atoms with E-state index >= 15 is 0 Å². The fraction of sp³-hybridized carbons (Fsp3) is 0.727. The molecule has 0 fully saturated rings. The van der Waals surface area contributed by atoms with Gasteiger partial charge in [0.1, 0.15) is 0 Å². The van der Waals surface area contributed by atoms with Crippen molar-refractivity contribution in [3.05, 3.63) is 31.9 Å². The van der Waals surface area contributed by atoms with Crippen molar-refractivity contribution >= 4 is 11.5 Å². The van der Waals surface area contributed by atoms with Crippen molar-refractivity contribution in [3.8, 4) is 0 Å². The molecule has 1 heterocycles. The van der Waals surface area contributed by atoms with Crippen molar-refractivity contribution in [1.82, 2.24) is 3.96 Å². The molecule has 0 spiro atoms. The highest BCUT2D eigenvalue weighted by atomic mass is 32.1. The molecule has 0 amide bonds. The fourth-order valence-electron chi connectivity index (χ4n) is 1.50. The normalized spacial score (nSPS) is 9.61. The Kier molecular flexibility index (Phi) is 9.94. The molecule has 0 bridgehead atoms. The summed E-state index contributed by atoms with van der Waals surface area (Å²) in [5, 5.41) is 15.5. The lowest BCUT2D eigenvalue weighted by Gasteiger charge is -2.00. The predicted octanol–water partition coefficient (Wildman–Crippen LogP) is 2.92. The van der Waals surface area contributed by atoms with E-state index in [1.54, 1.807) is 6.07 Å². The Morgan fingerprint density at radius 1 is 1.33 bits per heavy atom. The van der Waals surface area contributed by atoms with Crippen LogP contribution in [0.25, 0.3) is 0 Å². The molecule has 0 radical (unpaired) electrons. The summed E-state index contributed by atoms with van der Waals surface area (Å²) in [6.45, 7) is 3.13. The highest BCUT2D eigenvalue weighted by molar-refractivity contribution is 7.04. The van der Waals surface area contributed by atoms with Crippen LogP contribution in [0, 0.1) is 10.1 Å². The number of rotatable bonds is 7. The Bertz CT molecular complexity index is 371. The highest BCUT2D eigenvalue weighted by Crippen LogP contribution is 2.06. The summed E-state index contributed by atoms with van der Waals surface area (Å²) in [6, 6.07) is 1.64. The molecule has 0 aliphatic rings. The maximum absolute atomic E-state index is 11.2. The Labute approximate surface area is 110 Å². The van der Waals surface area contributed by atoms with Crippen LogP contribution < -0.4 is 5.56 Å². The van der Waals surface area contributed by atoms with Crippen LogP contribution in [-0.2, 0) is 6.54 Å². The van der Waals surface area contributed by atoms with Gasteiger partial charge in [-0.25, -0.2) is 0 Å². The lowest BCUT2D eigenvalue weighted by Crippen LogP contribution is -2.11. The van der Waals surface area contributed by atoms with Crippen LogP contribution >= 0.6 is 11.5 Å². The molecule has 0 unspecified atom stereocenters. The molecule has 7 heteroatoms. The van der Waals surface area contributed by atoms with E-state index in [0.717, 1.165) is 13.0 Å². The maximum atomic E-state index is 11.2. The minimum Gasteiger partial charge on any atom is -0.328 e. The van der Waals surface area contributed by atoms with Gasteiger partial charge in [0.15, 0.2) is 0 Å². The zero-order chi connectivity index (χ0) is 13.8. The number of nitrogens with zero attached hydrogens (tertiary/aromatic N) is 2. The molecule has 0 saturated carbocycles. The van der Waals surface area contributed by atoms with Crippen LogP contribution in [0.15, 0.2) is 16.2 Å². The SMILES string of the molecule is CCCCCCCCn1sccc1=O.O=[N+]([O-])O. The molecule has 104 valence electrons. The number of hydrogen-bond donors (Lipinski definition) is 1. The van der Waals surface area contributed by atoms with Gasteiger partial charge in [0.25, 0.3) is 10.6 Å². The van der Waals surface area contributed by atoms with Crippen molar-refractivity contribution < 1.29 is 10.3 Å². The number of aryl methyl sites for hydroxylation is 1. The smallest absolute Gasteiger partial charge is 0.291 e. The van der Waals surface area contributed by atoms with Gasteiger partial charge in [0.2, 0.25) is 0 Å². The second-order valence-electron chi connectivity index (χ2n) is 3.85. The molecular weight excluding hydrogens is 256 g/mol. The largest absolute Gasteiger partial charge is 0.328 e. The lowest BCUT2D eigenvalue weighted by atomic mass is 10.1. The Hall–Kier alpha value is -1.37. The summed E-state index contributed by atoms with van der Waals surface area (Å²) >= 11 is 1.52. The summed E-state index contributed by atoms with van der Waals surface area (Å²) in [5.74, 6) is 0. The third kappa shape index (κ3) is 9.83. The first-order valence-electron chi connectivity index (χ1n) is 6.06. The van der Waals surface area contributed by atoms with Crippen LogP contribution in [0.2, 0.25) is 0 Å². The minimum absolute atomic E-state index is 0.156. The van der Waals surface area contributed by atoms with E-state index in [1.807, 2.05) is 9.34 Å². The first-order chi connectivity index (χ1) is 8.57. The summed E-state index contributed by atoms with van der Waals surface area (Å²) in [6.07, 6.45) is 7.70. The zero-order valence-corrected chi connectivity index (χ0v) is 11.4. The fourth-order valence-corrected chi connectivity index (χ4v) is 2.22. The van der Waals surface area contributed by atoms with Gasteiger partial charge in [-0.15, -0.1) is 10.1 Å². The number of aromatic nitrogens is 1. The van der Waals surface area contributed by atoms with Crippen LogP contribution in [0.4, 0.5) is 0 Å². The van der Waals surface area contributed by atoms with E-state index < -0.39 is 5.09 Å². The standard InChI is InChI=1S/C11H19NOS.HNO3/c1-2-3-4-5-6-7-9-12-11(13)8-10-14-12;2-1(3)4/h8,10H,2-7,9H2,1H3;(H,2,3,4). The van der Waals surface area contributed by atoms with Gasteiger partial charge in [-0.2, -0.15) is 0 Å². The summed E-state index contributed by atoms with van der Waals surface area (Å²) in [7, 11) is 0. The molecule has 1 rings (SSSR count). The number of hydrogen-bond acceptors (Lipinski definition) is 4. The molecule has 0 saturated heterocycles. The quantitative estimate of drug-likeness (QED) is 0.471. The molecule has 1 aromatic rings. The molecule has 1 aromatic heterocycles.